The molecule has 3 heteroatoms. The SMILES string of the molecule is Br.COc1ccccc1C[P+](c1ccccc1)(c1ccccc1)c1ccccc1. The Morgan fingerprint density at radius 3 is 1.34 bits per heavy atom. The molecule has 0 bridgehead atoms. The van der Waals surface area contributed by atoms with Crippen LogP contribution in [0.2, 0.25) is 0 Å². The minimum Gasteiger partial charge on any atom is -0.496 e. The highest BCUT2D eigenvalue weighted by atomic mass is 79.9. The maximum atomic E-state index is 5.72. The summed E-state index contributed by atoms with van der Waals surface area (Å²) in [6.07, 6.45) is 0.926. The molecule has 0 N–H and O–H groups in total. The van der Waals surface area contributed by atoms with E-state index in [1.54, 1.807) is 7.11 Å². The lowest BCUT2D eigenvalue weighted by Gasteiger charge is -2.28. The quantitative estimate of drug-likeness (QED) is 0.330. The number of halogens is 1. The first-order chi connectivity index (χ1) is 13.8. The third-order valence-corrected chi connectivity index (χ3v) is 9.55. The Labute approximate surface area is 184 Å². The summed E-state index contributed by atoms with van der Waals surface area (Å²) >= 11 is 0. The molecule has 0 aliphatic carbocycles. The first kappa shape index (κ1) is 21.3. The molecule has 0 spiro atoms. The van der Waals surface area contributed by atoms with Gasteiger partial charge in [0.05, 0.1) is 7.11 Å². The van der Waals surface area contributed by atoms with Crippen molar-refractivity contribution < 1.29 is 4.74 Å². The fourth-order valence-electron chi connectivity index (χ4n) is 3.86. The molecular weight excluding hydrogens is 439 g/mol. The predicted octanol–water partition coefficient (Wildman–Crippen LogP) is 5.77. The average Bonchev–Trinajstić information content (AvgIpc) is 2.79. The van der Waals surface area contributed by atoms with Crippen LogP contribution in [0.5, 0.6) is 5.75 Å². The number of benzene rings is 4. The monoisotopic (exact) mass is 463 g/mol. The summed E-state index contributed by atoms with van der Waals surface area (Å²) in [4.78, 5) is 0. The Morgan fingerprint density at radius 2 is 0.931 bits per heavy atom. The molecule has 0 amide bonds. The summed E-state index contributed by atoms with van der Waals surface area (Å²) in [6, 6.07) is 41.3. The van der Waals surface area contributed by atoms with E-state index in [1.807, 2.05) is 6.07 Å². The van der Waals surface area contributed by atoms with Crippen LogP contribution in [-0.2, 0) is 6.16 Å². The number of rotatable bonds is 6. The number of ether oxygens (including phenoxy) is 1. The van der Waals surface area contributed by atoms with Crippen molar-refractivity contribution in [2.24, 2.45) is 0 Å². The highest BCUT2D eigenvalue weighted by Gasteiger charge is 2.45. The largest absolute Gasteiger partial charge is 0.496 e. The van der Waals surface area contributed by atoms with Crippen molar-refractivity contribution in [3.8, 4) is 5.75 Å². The van der Waals surface area contributed by atoms with E-state index >= 15 is 0 Å². The normalized spacial score (nSPS) is 10.8. The molecule has 1 nitrogen and oxygen atoms in total. The smallest absolute Gasteiger partial charge is 0.125 e. The van der Waals surface area contributed by atoms with Crippen LogP contribution >= 0.6 is 24.2 Å². The zero-order valence-electron chi connectivity index (χ0n) is 16.4. The van der Waals surface area contributed by atoms with Gasteiger partial charge in [-0.15, -0.1) is 17.0 Å². The Balaban J connectivity index is 0.00000240. The van der Waals surface area contributed by atoms with Crippen molar-refractivity contribution in [2.45, 2.75) is 6.16 Å². The molecular formula is C26H25BrOP+. The molecule has 0 heterocycles. The second kappa shape index (κ2) is 9.87. The van der Waals surface area contributed by atoms with Gasteiger partial charge in [0, 0.05) is 5.56 Å². The number of para-hydroxylation sites is 1. The fraction of sp³-hybridized carbons (Fsp3) is 0.0769. The zero-order chi connectivity index (χ0) is 19.2. The van der Waals surface area contributed by atoms with Crippen molar-refractivity contribution in [2.75, 3.05) is 7.11 Å². The standard InChI is InChI=1S/C26H24OP.BrH/c1-27-26-20-12-11-13-22(26)21-28(23-14-5-2-6-15-23,24-16-7-3-8-17-24)25-18-9-4-10-19-25;/h2-20H,21H2,1H3;1H/q+1;. The average molecular weight is 464 g/mol. The van der Waals surface area contributed by atoms with E-state index in [2.05, 4.69) is 109 Å². The number of hydrogen-bond donors (Lipinski definition) is 0. The predicted molar refractivity (Wildman–Crippen MR) is 132 cm³/mol. The Kier molecular flexibility index (Phi) is 7.25. The molecule has 4 rings (SSSR count). The van der Waals surface area contributed by atoms with Gasteiger partial charge < -0.3 is 4.74 Å². The molecule has 4 aromatic rings. The molecule has 4 aromatic carbocycles. The molecule has 0 aromatic heterocycles. The van der Waals surface area contributed by atoms with Crippen LogP contribution < -0.4 is 20.7 Å². The van der Waals surface area contributed by atoms with Crippen molar-refractivity contribution in [3.63, 3.8) is 0 Å². The molecule has 29 heavy (non-hydrogen) atoms. The summed E-state index contributed by atoms with van der Waals surface area (Å²) in [5.74, 6) is 0.953. The van der Waals surface area contributed by atoms with Crippen LogP contribution in [0.4, 0.5) is 0 Å². The topological polar surface area (TPSA) is 9.23 Å². The highest BCUT2D eigenvalue weighted by Crippen LogP contribution is 2.58. The van der Waals surface area contributed by atoms with Crippen molar-refractivity contribution >= 4 is 40.2 Å². The van der Waals surface area contributed by atoms with Gasteiger partial charge in [-0.05, 0) is 42.5 Å². The van der Waals surface area contributed by atoms with Crippen LogP contribution in [0.15, 0.2) is 115 Å². The minimum absolute atomic E-state index is 0. The van der Waals surface area contributed by atoms with Gasteiger partial charge in [0.2, 0.25) is 0 Å². The van der Waals surface area contributed by atoms with Gasteiger partial charge >= 0.3 is 0 Å². The number of methoxy groups -OCH3 is 1. The summed E-state index contributed by atoms with van der Waals surface area (Å²) < 4.78 is 5.72. The van der Waals surface area contributed by atoms with Crippen molar-refractivity contribution in [3.05, 3.63) is 121 Å². The Bertz CT molecular complexity index is 923. The lowest BCUT2D eigenvalue weighted by Crippen LogP contribution is -2.32. The van der Waals surface area contributed by atoms with Gasteiger partial charge in [-0.3, -0.25) is 0 Å². The van der Waals surface area contributed by atoms with Gasteiger partial charge in [0.25, 0.3) is 0 Å². The van der Waals surface area contributed by atoms with Gasteiger partial charge in [-0.25, -0.2) is 0 Å². The summed E-state index contributed by atoms with van der Waals surface area (Å²) in [6.45, 7) is 0. The van der Waals surface area contributed by atoms with E-state index in [-0.39, 0.29) is 17.0 Å². The molecule has 0 saturated carbocycles. The molecule has 0 fully saturated rings. The Hall–Kier alpha value is -2.41. The minimum atomic E-state index is -1.90. The van der Waals surface area contributed by atoms with Crippen LogP contribution in [0, 0.1) is 0 Å². The zero-order valence-corrected chi connectivity index (χ0v) is 19.0. The van der Waals surface area contributed by atoms with E-state index in [1.165, 1.54) is 21.5 Å². The number of hydrogen-bond acceptors (Lipinski definition) is 1. The summed E-state index contributed by atoms with van der Waals surface area (Å²) in [7, 11) is -0.139. The third kappa shape index (κ3) is 4.29. The van der Waals surface area contributed by atoms with Crippen LogP contribution in [0.1, 0.15) is 5.56 Å². The molecule has 0 unspecified atom stereocenters. The second-order valence-electron chi connectivity index (χ2n) is 6.79. The molecule has 0 aliphatic rings. The van der Waals surface area contributed by atoms with Crippen LogP contribution in [0.25, 0.3) is 0 Å². The molecule has 0 radical (unpaired) electrons. The van der Waals surface area contributed by atoms with Gasteiger partial charge in [-0.1, -0.05) is 72.8 Å². The first-order valence-electron chi connectivity index (χ1n) is 9.51. The second-order valence-corrected chi connectivity index (χ2v) is 10.3. The maximum Gasteiger partial charge on any atom is 0.125 e. The maximum absolute atomic E-state index is 5.72. The third-order valence-electron chi connectivity index (χ3n) is 5.19. The van der Waals surface area contributed by atoms with E-state index < -0.39 is 7.26 Å². The lowest BCUT2D eigenvalue weighted by atomic mass is 10.2. The van der Waals surface area contributed by atoms with Crippen molar-refractivity contribution in [1.29, 1.82) is 0 Å². The summed E-state index contributed by atoms with van der Waals surface area (Å²) in [5.41, 5.74) is 1.25. The van der Waals surface area contributed by atoms with Gasteiger partial charge in [0.15, 0.2) is 0 Å². The molecule has 0 aliphatic heterocycles. The Morgan fingerprint density at radius 1 is 0.552 bits per heavy atom. The first-order valence-corrected chi connectivity index (χ1v) is 11.5. The molecule has 0 saturated heterocycles. The molecule has 0 atom stereocenters. The summed E-state index contributed by atoms with van der Waals surface area (Å²) in [5, 5.41) is 4.16. The van der Waals surface area contributed by atoms with Gasteiger partial charge in [0.1, 0.15) is 35.1 Å². The fourth-order valence-corrected chi connectivity index (χ4v) is 8.12. The van der Waals surface area contributed by atoms with E-state index in [4.69, 9.17) is 4.74 Å². The lowest BCUT2D eigenvalue weighted by molar-refractivity contribution is 0.411. The highest BCUT2D eigenvalue weighted by molar-refractivity contribution is 8.93. The van der Waals surface area contributed by atoms with E-state index in [0.29, 0.717) is 0 Å². The van der Waals surface area contributed by atoms with E-state index in [9.17, 15) is 0 Å². The van der Waals surface area contributed by atoms with Crippen molar-refractivity contribution in [1.82, 2.24) is 0 Å². The van der Waals surface area contributed by atoms with Gasteiger partial charge in [-0.2, -0.15) is 0 Å². The van der Waals surface area contributed by atoms with Crippen LogP contribution in [0.3, 0.4) is 0 Å². The molecule has 146 valence electrons. The van der Waals surface area contributed by atoms with Crippen LogP contribution in [-0.4, -0.2) is 7.11 Å². The van der Waals surface area contributed by atoms with E-state index in [0.717, 1.165) is 11.9 Å².